The van der Waals surface area contributed by atoms with Gasteiger partial charge >= 0.3 is 17.9 Å². The van der Waals surface area contributed by atoms with E-state index in [0.717, 1.165) is 0 Å². The molecule has 7 N–H and O–H groups in total. The van der Waals surface area contributed by atoms with Crippen molar-refractivity contribution in [1.82, 2.24) is 5.32 Å². The van der Waals surface area contributed by atoms with E-state index in [1.807, 2.05) is 0 Å². The number of guanidine groups is 1. The molecule has 0 heterocycles. The number of benzene rings is 2. The number of hydrogen-bond acceptors (Lipinski definition) is 6. The number of nitrogens with one attached hydrogen (secondary N) is 1. The van der Waals surface area contributed by atoms with Crippen molar-refractivity contribution in [3.63, 3.8) is 0 Å². The van der Waals surface area contributed by atoms with Crippen LogP contribution in [-0.2, 0) is 9.59 Å². The Balaban J connectivity index is 2.17. The van der Waals surface area contributed by atoms with Crippen LogP contribution in [-0.4, -0.2) is 46.0 Å². The number of aliphatic imine (C=N–C) groups is 1. The molecule has 0 radical (unpaired) electrons. The van der Waals surface area contributed by atoms with Crippen LogP contribution in [0.15, 0.2) is 47.5 Å². The molecule has 0 spiro atoms. The van der Waals surface area contributed by atoms with Gasteiger partial charge in [0.15, 0.2) is 5.96 Å². The third-order valence-corrected chi connectivity index (χ3v) is 4.00. The molecule has 11 nitrogen and oxygen atoms in total. The zero-order valence-electron chi connectivity index (χ0n) is 16.4. The van der Waals surface area contributed by atoms with E-state index in [-0.39, 0.29) is 22.8 Å². The number of carbonyl (C=O) groups excluding carboxylic acids is 2. The van der Waals surface area contributed by atoms with Crippen molar-refractivity contribution in [1.29, 1.82) is 0 Å². The summed E-state index contributed by atoms with van der Waals surface area (Å²) in [4.78, 5) is 50.5. The first-order valence-electron chi connectivity index (χ1n) is 8.85. The summed E-state index contributed by atoms with van der Waals surface area (Å²) in [6, 6.07) is 8.50. The van der Waals surface area contributed by atoms with Crippen LogP contribution in [0, 0.1) is 6.92 Å². The van der Waals surface area contributed by atoms with E-state index in [0.29, 0.717) is 11.3 Å². The lowest BCUT2D eigenvalue weighted by Crippen LogP contribution is -2.42. The number of aliphatic carboxylic acids is 2. The van der Waals surface area contributed by atoms with Crippen LogP contribution in [0.1, 0.15) is 32.7 Å². The SMILES string of the molecule is Cc1ccc(C(=O)N[C@@H](CC(=O)O)C(=O)O)cc1OC(=O)c1ccc(N=C(N)N)cc1. The number of esters is 1. The number of hydrogen-bond donors (Lipinski definition) is 5. The number of amides is 1. The fourth-order valence-corrected chi connectivity index (χ4v) is 2.45. The van der Waals surface area contributed by atoms with E-state index < -0.39 is 36.3 Å². The molecule has 0 aromatic heterocycles. The van der Waals surface area contributed by atoms with Crippen molar-refractivity contribution < 1.29 is 34.1 Å². The summed E-state index contributed by atoms with van der Waals surface area (Å²) in [6.45, 7) is 1.65. The molecule has 0 bridgehead atoms. The Morgan fingerprint density at radius 2 is 1.65 bits per heavy atom. The molecule has 11 heteroatoms. The number of ether oxygens (including phenoxy) is 1. The topological polar surface area (TPSA) is 194 Å². The van der Waals surface area contributed by atoms with Crippen LogP contribution in [0.5, 0.6) is 5.75 Å². The summed E-state index contributed by atoms with van der Waals surface area (Å²) in [6.07, 6.45) is -0.787. The van der Waals surface area contributed by atoms with Crippen molar-refractivity contribution >= 4 is 35.5 Å². The second-order valence-electron chi connectivity index (χ2n) is 6.42. The van der Waals surface area contributed by atoms with E-state index in [1.165, 1.54) is 42.5 Å². The first-order chi connectivity index (χ1) is 14.6. The van der Waals surface area contributed by atoms with Crippen LogP contribution >= 0.6 is 0 Å². The Hall–Kier alpha value is -4.41. The van der Waals surface area contributed by atoms with Crippen molar-refractivity contribution in [3.05, 3.63) is 59.2 Å². The standard InChI is InChI=1S/C20H20N4O7/c1-10-2-3-12(17(27)24-14(18(28)29)9-16(25)26)8-15(10)31-19(30)11-4-6-13(7-5-11)23-20(21)22/h2-8,14H,9H2,1H3,(H,24,27)(H,25,26)(H,28,29)(H4,21,22,23)/t14-/m0/s1. The molecule has 162 valence electrons. The number of carboxylic acid groups (broad SMARTS) is 2. The Bertz CT molecular complexity index is 1040. The maximum Gasteiger partial charge on any atom is 0.343 e. The molecule has 0 unspecified atom stereocenters. The summed E-state index contributed by atoms with van der Waals surface area (Å²) >= 11 is 0. The molecule has 2 aromatic rings. The van der Waals surface area contributed by atoms with Gasteiger partial charge in [0.05, 0.1) is 17.7 Å². The number of nitrogens with zero attached hydrogens (tertiary/aromatic N) is 1. The van der Waals surface area contributed by atoms with E-state index >= 15 is 0 Å². The molecule has 1 amide bonds. The maximum absolute atomic E-state index is 12.4. The second-order valence-corrected chi connectivity index (χ2v) is 6.42. The molecule has 0 aliphatic carbocycles. The Labute approximate surface area is 176 Å². The molecule has 0 aliphatic rings. The van der Waals surface area contributed by atoms with Gasteiger partial charge in [0.1, 0.15) is 11.8 Å². The minimum Gasteiger partial charge on any atom is -0.481 e. The van der Waals surface area contributed by atoms with Crippen LogP contribution in [0.25, 0.3) is 0 Å². The highest BCUT2D eigenvalue weighted by molar-refractivity contribution is 5.98. The lowest BCUT2D eigenvalue weighted by atomic mass is 10.1. The molecular weight excluding hydrogens is 408 g/mol. The fourth-order valence-electron chi connectivity index (χ4n) is 2.45. The summed E-state index contributed by atoms with van der Waals surface area (Å²) in [5.74, 6) is -4.44. The average molecular weight is 428 g/mol. The Kier molecular flexibility index (Phi) is 7.28. The average Bonchev–Trinajstić information content (AvgIpc) is 2.68. The lowest BCUT2D eigenvalue weighted by molar-refractivity contribution is -0.145. The molecule has 0 saturated carbocycles. The third-order valence-electron chi connectivity index (χ3n) is 4.00. The van der Waals surface area contributed by atoms with E-state index in [4.69, 9.17) is 26.4 Å². The largest absolute Gasteiger partial charge is 0.481 e. The van der Waals surface area contributed by atoms with Crippen molar-refractivity contribution in [2.75, 3.05) is 0 Å². The first kappa shape index (κ1) is 22.9. The Morgan fingerprint density at radius 1 is 1.03 bits per heavy atom. The number of aryl methyl sites for hydroxylation is 1. The maximum atomic E-state index is 12.4. The zero-order chi connectivity index (χ0) is 23.1. The molecule has 1 atom stereocenters. The molecular formula is C20H20N4O7. The molecule has 2 aromatic carbocycles. The smallest absolute Gasteiger partial charge is 0.343 e. The summed E-state index contributed by atoms with van der Waals surface area (Å²) in [5.41, 5.74) is 11.8. The van der Waals surface area contributed by atoms with Gasteiger partial charge in [-0.05, 0) is 48.9 Å². The number of carboxylic acids is 2. The van der Waals surface area contributed by atoms with Crippen molar-refractivity contribution in [2.24, 2.45) is 16.5 Å². The highest BCUT2D eigenvalue weighted by atomic mass is 16.5. The van der Waals surface area contributed by atoms with E-state index in [2.05, 4.69) is 10.3 Å². The normalized spacial score (nSPS) is 11.1. The van der Waals surface area contributed by atoms with Gasteiger partial charge in [-0.2, -0.15) is 0 Å². The molecule has 31 heavy (non-hydrogen) atoms. The van der Waals surface area contributed by atoms with Crippen LogP contribution in [0.4, 0.5) is 5.69 Å². The molecule has 0 fully saturated rings. The first-order valence-corrected chi connectivity index (χ1v) is 8.85. The minimum absolute atomic E-state index is 0.00635. The van der Waals surface area contributed by atoms with E-state index in [9.17, 15) is 19.2 Å². The van der Waals surface area contributed by atoms with Gasteiger partial charge in [0.2, 0.25) is 0 Å². The number of rotatable bonds is 8. The highest BCUT2D eigenvalue weighted by Crippen LogP contribution is 2.22. The number of nitrogens with two attached hydrogens (primary N) is 2. The van der Waals surface area contributed by atoms with Gasteiger partial charge in [-0.15, -0.1) is 0 Å². The van der Waals surface area contributed by atoms with Gasteiger partial charge < -0.3 is 31.7 Å². The molecule has 2 rings (SSSR count). The lowest BCUT2D eigenvalue weighted by Gasteiger charge is -2.14. The highest BCUT2D eigenvalue weighted by Gasteiger charge is 2.24. The minimum atomic E-state index is -1.61. The van der Waals surface area contributed by atoms with E-state index in [1.54, 1.807) is 6.92 Å². The predicted molar refractivity (Wildman–Crippen MR) is 109 cm³/mol. The van der Waals surface area contributed by atoms with Crippen LogP contribution < -0.4 is 21.5 Å². The van der Waals surface area contributed by atoms with Gasteiger partial charge in [0.25, 0.3) is 5.91 Å². The van der Waals surface area contributed by atoms with Gasteiger partial charge in [-0.1, -0.05) is 6.07 Å². The van der Waals surface area contributed by atoms with Crippen molar-refractivity contribution in [2.45, 2.75) is 19.4 Å². The predicted octanol–water partition coefficient (Wildman–Crippen LogP) is 0.777. The molecule has 0 saturated heterocycles. The summed E-state index contributed by atoms with van der Waals surface area (Å²) in [7, 11) is 0. The third kappa shape index (κ3) is 6.56. The number of carbonyl (C=O) groups is 4. The Morgan fingerprint density at radius 3 is 2.19 bits per heavy atom. The van der Waals surface area contributed by atoms with Gasteiger partial charge in [-0.3, -0.25) is 9.59 Å². The monoisotopic (exact) mass is 428 g/mol. The van der Waals surface area contributed by atoms with Crippen LogP contribution in [0.2, 0.25) is 0 Å². The van der Waals surface area contributed by atoms with Gasteiger partial charge in [-0.25, -0.2) is 14.6 Å². The summed E-state index contributed by atoms with van der Waals surface area (Å²) in [5, 5.41) is 20.0. The zero-order valence-corrected chi connectivity index (χ0v) is 16.4. The van der Waals surface area contributed by atoms with Gasteiger partial charge in [0, 0.05) is 5.56 Å². The van der Waals surface area contributed by atoms with Crippen LogP contribution in [0.3, 0.4) is 0 Å². The van der Waals surface area contributed by atoms with Crippen molar-refractivity contribution in [3.8, 4) is 5.75 Å². The quantitative estimate of drug-likeness (QED) is 0.175. The molecule has 0 aliphatic heterocycles. The summed E-state index contributed by atoms with van der Waals surface area (Å²) < 4.78 is 5.35. The second kappa shape index (κ2) is 9.87. The fraction of sp³-hybridized carbons (Fsp3) is 0.150.